The number of phenols is 1. The Bertz CT molecular complexity index is 2050. The lowest BCUT2D eigenvalue weighted by atomic mass is 9.74. The van der Waals surface area contributed by atoms with Crippen LogP contribution in [0.3, 0.4) is 0 Å². The predicted molar refractivity (Wildman–Crippen MR) is 208 cm³/mol. The molecule has 0 radical (unpaired) electrons. The lowest BCUT2D eigenvalue weighted by Gasteiger charge is -2.39. The van der Waals surface area contributed by atoms with Crippen molar-refractivity contribution in [1.29, 1.82) is 0 Å². The number of hydrogen-bond donors (Lipinski definition) is 7. The molecule has 12 heteroatoms. The summed E-state index contributed by atoms with van der Waals surface area (Å²) in [5, 5.41) is 61.7. The number of benzene rings is 4. The first kappa shape index (κ1) is 38.6. The van der Waals surface area contributed by atoms with E-state index >= 15 is 0 Å². The van der Waals surface area contributed by atoms with Gasteiger partial charge in [0.25, 0.3) is 0 Å². The first-order valence-electron chi connectivity index (χ1n) is 18.9. The van der Waals surface area contributed by atoms with Gasteiger partial charge >= 0.3 is 0 Å². The van der Waals surface area contributed by atoms with Crippen molar-refractivity contribution in [2.24, 2.45) is 5.92 Å². The molecule has 4 aromatic carbocycles. The van der Waals surface area contributed by atoms with Crippen molar-refractivity contribution in [2.75, 3.05) is 59.2 Å². The zero-order chi connectivity index (χ0) is 39.0. The van der Waals surface area contributed by atoms with Crippen LogP contribution in [0.4, 0.5) is 5.69 Å². The number of phenolic OH excluding ortho intramolecular Hbond substituents is 1. The molecule has 4 aromatic rings. The Morgan fingerprint density at radius 1 is 0.909 bits per heavy atom. The molecule has 2 aliphatic heterocycles. The topological polar surface area (TPSA) is 171 Å². The molecule has 3 aliphatic rings. The van der Waals surface area contributed by atoms with Crippen LogP contribution in [0.1, 0.15) is 78.0 Å². The summed E-state index contributed by atoms with van der Waals surface area (Å²) in [4.78, 5) is 0. The van der Waals surface area contributed by atoms with Crippen molar-refractivity contribution < 1.29 is 49.2 Å². The number of ether oxygens (including phenoxy) is 5. The Kier molecular flexibility index (Phi) is 11.1. The minimum absolute atomic E-state index is 0.0219. The monoisotopic (exact) mass is 756 g/mol. The first-order chi connectivity index (χ1) is 26.5. The standard InChI is InChI=1S/C43H52N2O10/c1-6-44-22-55-33-17-31(51-4)26-11-12-27-36-30(45-42(50)39(33)38(26)36)16-32-37(27)40(48)28(20-54-32)25-14-34(52-5)41(49)35(15-25)53-19-23(18-46)13-24-9-7-8-10-29(24)43(2,3)21-47/h7-10,14-17,23,28,40,42,44-50H,6,11-13,18-22H2,1-5H3. The molecular weight excluding hydrogens is 704 g/mol. The van der Waals surface area contributed by atoms with Gasteiger partial charge in [-0.1, -0.05) is 45.0 Å². The number of aliphatic hydroxyl groups is 4. The van der Waals surface area contributed by atoms with E-state index in [1.54, 1.807) is 19.2 Å². The second-order valence-corrected chi connectivity index (χ2v) is 15.2. The molecule has 2 heterocycles. The van der Waals surface area contributed by atoms with Gasteiger partial charge in [0, 0.05) is 63.9 Å². The molecule has 55 heavy (non-hydrogen) atoms. The maximum absolute atomic E-state index is 12.3. The fraction of sp³-hybridized carbons (Fsp3) is 0.442. The molecule has 0 saturated heterocycles. The van der Waals surface area contributed by atoms with E-state index in [4.69, 9.17) is 23.7 Å². The molecule has 0 amide bonds. The smallest absolute Gasteiger partial charge is 0.200 e. The van der Waals surface area contributed by atoms with Crippen molar-refractivity contribution >= 4 is 5.69 Å². The van der Waals surface area contributed by atoms with Gasteiger partial charge in [0.05, 0.1) is 45.7 Å². The molecule has 0 fully saturated rings. The van der Waals surface area contributed by atoms with Gasteiger partial charge < -0.3 is 54.5 Å². The van der Waals surface area contributed by atoms with Crippen LogP contribution in [0.5, 0.6) is 34.5 Å². The summed E-state index contributed by atoms with van der Waals surface area (Å²) < 4.78 is 30.1. The minimum Gasteiger partial charge on any atom is -0.502 e. The molecule has 4 atom stereocenters. The third-order valence-corrected chi connectivity index (χ3v) is 11.3. The molecule has 4 unspecified atom stereocenters. The molecule has 294 valence electrons. The van der Waals surface area contributed by atoms with E-state index in [0.29, 0.717) is 58.9 Å². The molecule has 7 N–H and O–H groups in total. The van der Waals surface area contributed by atoms with Crippen LogP contribution >= 0.6 is 0 Å². The second-order valence-electron chi connectivity index (χ2n) is 15.2. The van der Waals surface area contributed by atoms with Crippen LogP contribution in [0.2, 0.25) is 0 Å². The van der Waals surface area contributed by atoms with Gasteiger partial charge in [-0.15, -0.1) is 0 Å². The van der Waals surface area contributed by atoms with Gasteiger partial charge in [0.2, 0.25) is 5.75 Å². The van der Waals surface area contributed by atoms with Crippen LogP contribution < -0.4 is 34.3 Å². The van der Waals surface area contributed by atoms with E-state index in [1.165, 1.54) is 7.11 Å². The number of methoxy groups -OCH3 is 2. The van der Waals surface area contributed by atoms with Gasteiger partial charge in [-0.2, -0.15) is 0 Å². The lowest BCUT2D eigenvalue weighted by molar-refractivity contribution is 0.0876. The number of hydrogen-bond acceptors (Lipinski definition) is 12. The molecule has 0 bridgehead atoms. The quantitative estimate of drug-likeness (QED) is 0.0623. The largest absolute Gasteiger partial charge is 0.502 e. The lowest BCUT2D eigenvalue weighted by Crippen LogP contribution is -2.29. The molecular formula is C43H52N2O10. The van der Waals surface area contributed by atoms with Crippen molar-refractivity contribution in [3.8, 4) is 45.6 Å². The van der Waals surface area contributed by atoms with E-state index in [-0.39, 0.29) is 56.3 Å². The van der Waals surface area contributed by atoms with Crippen LogP contribution in [-0.4, -0.2) is 79.5 Å². The number of aromatic hydroxyl groups is 1. The second kappa shape index (κ2) is 15.8. The van der Waals surface area contributed by atoms with Crippen LogP contribution in [0.15, 0.2) is 48.5 Å². The highest BCUT2D eigenvalue weighted by Crippen LogP contribution is 2.57. The average molecular weight is 757 g/mol. The molecule has 0 aromatic heterocycles. The van der Waals surface area contributed by atoms with Gasteiger partial charge in [-0.25, -0.2) is 0 Å². The van der Waals surface area contributed by atoms with Gasteiger partial charge in [0.15, 0.2) is 17.7 Å². The summed E-state index contributed by atoms with van der Waals surface area (Å²) in [6.45, 7) is 6.98. The minimum atomic E-state index is -1.04. The van der Waals surface area contributed by atoms with Crippen molar-refractivity contribution in [2.45, 2.75) is 63.7 Å². The SMILES string of the molecule is CCNCOc1cc(OC)c2c3c1C(O)Nc1cc4c(c(c1-3)CC2)C(O)C(c1cc(OC)c(O)c(OCC(CO)Cc2ccccc2C(C)(C)CO)c1)CO4. The normalized spacial score (nSPS) is 18.7. The van der Waals surface area contributed by atoms with E-state index < -0.39 is 23.7 Å². The number of fused-ring (bicyclic) bond motifs is 2. The van der Waals surface area contributed by atoms with Crippen molar-refractivity contribution in [3.63, 3.8) is 0 Å². The summed E-state index contributed by atoms with van der Waals surface area (Å²) >= 11 is 0. The number of rotatable bonds is 15. The van der Waals surface area contributed by atoms with Crippen LogP contribution in [0, 0.1) is 5.92 Å². The summed E-state index contributed by atoms with van der Waals surface area (Å²) in [7, 11) is 3.08. The van der Waals surface area contributed by atoms with Gasteiger partial charge in [-0.05, 0) is 60.2 Å². The Balaban J connectivity index is 1.21. The van der Waals surface area contributed by atoms with E-state index in [0.717, 1.165) is 39.9 Å². The highest BCUT2D eigenvalue weighted by atomic mass is 16.5. The van der Waals surface area contributed by atoms with Crippen molar-refractivity contribution in [3.05, 3.63) is 87.5 Å². The molecule has 0 saturated carbocycles. The summed E-state index contributed by atoms with van der Waals surface area (Å²) in [5.41, 5.74) is 7.79. The zero-order valence-corrected chi connectivity index (χ0v) is 32.1. The fourth-order valence-corrected chi connectivity index (χ4v) is 8.30. The number of aliphatic hydroxyl groups excluding tert-OH is 4. The van der Waals surface area contributed by atoms with Crippen molar-refractivity contribution in [1.82, 2.24) is 5.32 Å². The maximum Gasteiger partial charge on any atom is 0.200 e. The third-order valence-electron chi connectivity index (χ3n) is 11.3. The molecule has 7 rings (SSSR count). The predicted octanol–water partition coefficient (Wildman–Crippen LogP) is 5.25. The summed E-state index contributed by atoms with van der Waals surface area (Å²) in [6.07, 6.45) is -0.311. The van der Waals surface area contributed by atoms with Crippen LogP contribution in [-0.2, 0) is 24.7 Å². The third kappa shape index (κ3) is 7.02. The number of anilines is 1. The number of nitrogens with one attached hydrogen (secondary N) is 2. The first-order valence-corrected chi connectivity index (χ1v) is 18.9. The Hall–Kier alpha value is -4.72. The van der Waals surface area contributed by atoms with Crippen LogP contribution in [0.25, 0.3) is 11.1 Å². The highest BCUT2D eigenvalue weighted by Gasteiger charge is 2.41. The summed E-state index contributed by atoms with van der Waals surface area (Å²) in [5.74, 6) is 1.02. The molecule has 0 spiro atoms. The Morgan fingerprint density at radius 3 is 2.38 bits per heavy atom. The summed E-state index contributed by atoms with van der Waals surface area (Å²) in [6, 6.07) is 14.9. The maximum atomic E-state index is 12.3. The Labute approximate surface area is 321 Å². The highest BCUT2D eigenvalue weighted by molar-refractivity contribution is 5.93. The van der Waals surface area contributed by atoms with Gasteiger partial charge in [-0.3, -0.25) is 5.32 Å². The van der Waals surface area contributed by atoms with E-state index in [2.05, 4.69) is 10.6 Å². The van der Waals surface area contributed by atoms with Gasteiger partial charge in [0.1, 0.15) is 24.0 Å². The fourth-order valence-electron chi connectivity index (χ4n) is 8.30. The zero-order valence-electron chi connectivity index (χ0n) is 32.1. The average Bonchev–Trinajstić information content (AvgIpc) is 3.19. The van der Waals surface area contributed by atoms with E-state index in [1.807, 2.05) is 57.2 Å². The Morgan fingerprint density at radius 2 is 1.65 bits per heavy atom. The molecule has 1 aliphatic carbocycles. The molecule has 12 nitrogen and oxygen atoms in total. The van der Waals surface area contributed by atoms with E-state index in [9.17, 15) is 25.5 Å².